The first-order chi connectivity index (χ1) is 14.9. The largest absolute Gasteiger partial charge is 0.353 e. The Balaban J connectivity index is 1.52. The van der Waals surface area contributed by atoms with Crippen LogP contribution in [-0.2, 0) is 0 Å². The third kappa shape index (κ3) is 2.64. The third-order valence-corrected chi connectivity index (χ3v) is 5.05. The Morgan fingerprint density at radius 2 is 1.47 bits per heavy atom. The highest BCUT2D eigenvalue weighted by Crippen LogP contribution is 2.32. The van der Waals surface area contributed by atoms with Crippen LogP contribution in [0.15, 0.2) is 79.3 Å². The Kier molecular flexibility index (Phi) is 3.64. The van der Waals surface area contributed by atoms with Crippen molar-refractivity contribution in [3.63, 3.8) is 0 Å². The van der Waals surface area contributed by atoms with Gasteiger partial charge in [-0.1, -0.05) is 12.1 Å². The number of nitrogens with zero attached hydrogens (tertiary/aromatic N) is 5. The molecule has 0 amide bonds. The summed E-state index contributed by atoms with van der Waals surface area (Å²) in [5.41, 5.74) is 7.54. The molecule has 0 aliphatic heterocycles. The molecular weight excluding hydrogens is 374 g/mol. The van der Waals surface area contributed by atoms with Gasteiger partial charge in [0.2, 0.25) is 0 Å². The molecule has 6 heterocycles. The average molecular weight is 389 g/mol. The van der Waals surface area contributed by atoms with Gasteiger partial charge in [-0.3, -0.25) is 20.1 Å². The highest BCUT2D eigenvalue weighted by Gasteiger charge is 2.16. The van der Waals surface area contributed by atoms with E-state index in [2.05, 4.69) is 36.2 Å². The lowest BCUT2D eigenvalue weighted by Crippen LogP contribution is -1.87. The monoisotopic (exact) mass is 389 g/mol. The minimum absolute atomic E-state index is 0.756. The van der Waals surface area contributed by atoms with E-state index in [4.69, 9.17) is 4.98 Å². The number of hydrogen-bond donors (Lipinski definition) is 2. The van der Waals surface area contributed by atoms with E-state index < -0.39 is 0 Å². The maximum atomic E-state index is 4.83. The smallest absolute Gasteiger partial charge is 0.135 e. The molecule has 0 aromatic carbocycles. The molecule has 0 bridgehead atoms. The number of aromatic nitrogens is 7. The van der Waals surface area contributed by atoms with Gasteiger partial charge in [0.05, 0.1) is 34.0 Å². The Morgan fingerprint density at radius 1 is 0.633 bits per heavy atom. The van der Waals surface area contributed by atoms with Crippen LogP contribution in [0.25, 0.3) is 56.1 Å². The highest BCUT2D eigenvalue weighted by molar-refractivity contribution is 5.98. The molecule has 0 spiro atoms. The summed E-state index contributed by atoms with van der Waals surface area (Å²) in [5, 5.41) is 8.59. The summed E-state index contributed by atoms with van der Waals surface area (Å²) in [6.45, 7) is 0. The van der Waals surface area contributed by atoms with Gasteiger partial charge < -0.3 is 4.98 Å². The lowest BCUT2D eigenvalue weighted by Gasteiger charge is -2.00. The van der Waals surface area contributed by atoms with Gasteiger partial charge in [-0.25, -0.2) is 4.98 Å². The zero-order valence-electron chi connectivity index (χ0n) is 15.7. The van der Waals surface area contributed by atoms with Crippen LogP contribution in [0.3, 0.4) is 0 Å². The number of H-pyrrole nitrogens is 2. The maximum absolute atomic E-state index is 4.83. The summed E-state index contributed by atoms with van der Waals surface area (Å²) in [6.07, 6.45) is 5.32. The van der Waals surface area contributed by atoms with Crippen LogP contribution in [0.5, 0.6) is 0 Å². The van der Waals surface area contributed by atoms with Crippen molar-refractivity contribution < 1.29 is 0 Å². The number of rotatable bonds is 3. The second-order valence-corrected chi connectivity index (χ2v) is 6.90. The van der Waals surface area contributed by atoms with E-state index >= 15 is 0 Å². The first-order valence-corrected chi connectivity index (χ1v) is 9.53. The van der Waals surface area contributed by atoms with Crippen LogP contribution in [-0.4, -0.2) is 35.1 Å². The zero-order valence-corrected chi connectivity index (χ0v) is 15.7. The quantitative estimate of drug-likeness (QED) is 0.460. The van der Waals surface area contributed by atoms with Crippen LogP contribution in [0.4, 0.5) is 0 Å². The summed E-state index contributed by atoms with van der Waals surface area (Å²) in [7, 11) is 0. The van der Waals surface area contributed by atoms with Crippen molar-refractivity contribution in [2.45, 2.75) is 0 Å². The van der Waals surface area contributed by atoms with Crippen molar-refractivity contribution in [3.8, 4) is 34.2 Å². The first kappa shape index (κ1) is 16.6. The average Bonchev–Trinajstić information content (AvgIpc) is 3.43. The molecule has 7 nitrogen and oxygen atoms in total. The second-order valence-electron chi connectivity index (χ2n) is 6.90. The number of fused-ring (bicyclic) bond motifs is 2. The lowest BCUT2D eigenvalue weighted by atomic mass is 10.1. The molecule has 6 aromatic rings. The molecule has 0 saturated heterocycles. The molecule has 7 heteroatoms. The molecular formula is C23H15N7. The SMILES string of the molecule is c1ccc(-c2ccc3[nH]nc(-c4cc5c(-c6ccccn6)nccc5[nH]4)c3n2)nc1. The van der Waals surface area contributed by atoms with Gasteiger partial charge in [-0.05, 0) is 48.5 Å². The van der Waals surface area contributed by atoms with Crippen molar-refractivity contribution in [3.05, 3.63) is 79.3 Å². The van der Waals surface area contributed by atoms with Crippen LogP contribution in [0.1, 0.15) is 0 Å². The summed E-state index contributed by atoms with van der Waals surface area (Å²) in [5.74, 6) is 0. The van der Waals surface area contributed by atoms with E-state index in [1.165, 1.54) is 0 Å². The number of nitrogens with one attached hydrogen (secondary N) is 2. The number of pyridine rings is 4. The van der Waals surface area contributed by atoms with Crippen LogP contribution in [0.2, 0.25) is 0 Å². The number of hydrogen-bond acceptors (Lipinski definition) is 5. The van der Waals surface area contributed by atoms with Crippen molar-refractivity contribution in [2.24, 2.45) is 0 Å². The van der Waals surface area contributed by atoms with E-state index in [1.807, 2.05) is 54.6 Å². The third-order valence-electron chi connectivity index (χ3n) is 5.05. The van der Waals surface area contributed by atoms with Crippen molar-refractivity contribution >= 4 is 21.9 Å². The summed E-state index contributed by atoms with van der Waals surface area (Å²) < 4.78 is 0. The Labute approximate surface area is 170 Å². The molecule has 0 unspecified atom stereocenters. The summed E-state index contributed by atoms with van der Waals surface area (Å²) in [6, 6.07) is 19.5. The molecule has 0 aliphatic carbocycles. The van der Waals surface area contributed by atoms with Crippen LogP contribution >= 0.6 is 0 Å². The van der Waals surface area contributed by atoms with Crippen LogP contribution in [0, 0.1) is 0 Å². The first-order valence-electron chi connectivity index (χ1n) is 9.53. The fraction of sp³-hybridized carbons (Fsp3) is 0. The van der Waals surface area contributed by atoms with E-state index in [0.29, 0.717) is 0 Å². The minimum atomic E-state index is 0.756. The van der Waals surface area contributed by atoms with Gasteiger partial charge in [0.25, 0.3) is 0 Å². The van der Waals surface area contributed by atoms with Crippen molar-refractivity contribution in [2.75, 3.05) is 0 Å². The topological polar surface area (TPSA) is 96.0 Å². The minimum Gasteiger partial charge on any atom is -0.353 e. The standard InChI is InChI=1S/C23H15N7/c1-3-10-24-16(5-1)17-7-8-19-22(28-17)23(30-29-19)20-13-14-15(27-20)9-12-26-21(14)18-6-2-4-11-25-18/h1-13,27H,(H,29,30). The molecule has 0 atom stereocenters. The predicted octanol–water partition coefficient (Wildman–Crippen LogP) is 4.63. The Hall–Kier alpha value is -4.39. The summed E-state index contributed by atoms with van der Waals surface area (Å²) >= 11 is 0. The van der Waals surface area contributed by atoms with E-state index in [-0.39, 0.29) is 0 Å². The van der Waals surface area contributed by atoms with Crippen molar-refractivity contribution in [1.29, 1.82) is 0 Å². The van der Waals surface area contributed by atoms with E-state index in [1.54, 1.807) is 18.6 Å². The fourth-order valence-corrected chi connectivity index (χ4v) is 3.63. The Bertz CT molecular complexity index is 1480. The van der Waals surface area contributed by atoms with Gasteiger partial charge in [0.15, 0.2) is 0 Å². The zero-order chi connectivity index (χ0) is 19.9. The molecule has 2 N–H and O–H groups in total. The summed E-state index contributed by atoms with van der Waals surface area (Å²) in [4.78, 5) is 21.7. The molecule has 6 rings (SSSR count). The molecule has 0 saturated carbocycles. The van der Waals surface area contributed by atoms with E-state index in [0.717, 1.165) is 56.1 Å². The van der Waals surface area contributed by atoms with E-state index in [9.17, 15) is 0 Å². The Morgan fingerprint density at radius 3 is 2.27 bits per heavy atom. The van der Waals surface area contributed by atoms with Gasteiger partial charge in [-0.2, -0.15) is 5.10 Å². The molecule has 0 fully saturated rings. The highest BCUT2D eigenvalue weighted by atomic mass is 15.1. The molecule has 142 valence electrons. The van der Waals surface area contributed by atoms with Gasteiger partial charge in [0, 0.05) is 29.5 Å². The van der Waals surface area contributed by atoms with Gasteiger partial charge in [0.1, 0.15) is 11.2 Å². The molecule has 6 aromatic heterocycles. The molecule has 0 radical (unpaired) electrons. The fourth-order valence-electron chi connectivity index (χ4n) is 3.63. The van der Waals surface area contributed by atoms with Gasteiger partial charge >= 0.3 is 0 Å². The second kappa shape index (κ2) is 6.59. The van der Waals surface area contributed by atoms with Gasteiger partial charge in [-0.15, -0.1) is 0 Å². The predicted molar refractivity (Wildman–Crippen MR) is 115 cm³/mol. The normalized spacial score (nSPS) is 11.3. The lowest BCUT2D eigenvalue weighted by molar-refractivity contribution is 1.12. The van der Waals surface area contributed by atoms with Crippen molar-refractivity contribution in [1.82, 2.24) is 35.1 Å². The van der Waals surface area contributed by atoms with Crippen LogP contribution < -0.4 is 0 Å². The molecule has 0 aliphatic rings. The number of aromatic amines is 2. The maximum Gasteiger partial charge on any atom is 0.135 e. The molecule has 30 heavy (non-hydrogen) atoms.